The number of carbonyl (C=O) groups is 1. The zero-order valence-electron chi connectivity index (χ0n) is 13.2. The Morgan fingerprint density at radius 3 is 2.33 bits per heavy atom. The van der Waals surface area contributed by atoms with Gasteiger partial charge in [0.05, 0.1) is 16.7 Å². The lowest BCUT2D eigenvalue weighted by Crippen LogP contribution is -2.28. The number of carboxylic acids is 1. The highest BCUT2D eigenvalue weighted by molar-refractivity contribution is 5.88. The number of hydrogen-bond acceptors (Lipinski definition) is 3. The molecule has 0 radical (unpaired) electrons. The van der Waals surface area contributed by atoms with Crippen LogP contribution >= 0.6 is 0 Å². The molecule has 0 saturated carbocycles. The molecule has 0 amide bonds. The molecule has 0 aliphatic rings. The number of rotatable bonds is 4. The van der Waals surface area contributed by atoms with E-state index >= 15 is 0 Å². The zero-order valence-corrected chi connectivity index (χ0v) is 13.2. The van der Waals surface area contributed by atoms with Gasteiger partial charge in [0.1, 0.15) is 12.4 Å². The van der Waals surface area contributed by atoms with Gasteiger partial charge in [0.25, 0.3) is 0 Å². The van der Waals surface area contributed by atoms with E-state index in [1.807, 2.05) is 20.8 Å². The van der Waals surface area contributed by atoms with E-state index < -0.39 is 11.6 Å². The highest BCUT2D eigenvalue weighted by atomic mass is 16.5. The summed E-state index contributed by atoms with van der Waals surface area (Å²) in [6.45, 7) is 9.26. The maximum Gasteiger partial charge on any atom is 0.335 e. The molecule has 21 heavy (non-hydrogen) atoms. The van der Waals surface area contributed by atoms with E-state index in [2.05, 4.69) is 11.8 Å². The molecule has 0 spiro atoms. The van der Waals surface area contributed by atoms with E-state index in [4.69, 9.17) is 9.84 Å². The Bertz CT molecular complexity index is 578. The van der Waals surface area contributed by atoms with E-state index in [0.29, 0.717) is 11.3 Å². The first kappa shape index (κ1) is 17.1. The van der Waals surface area contributed by atoms with Crippen LogP contribution in [0.3, 0.4) is 0 Å². The fourth-order valence-electron chi connectivity index (χ4n) is 1.39. The van der Waals surface area contributed by atoms with Crippen molar-refractivity contribution in [2.24, 2.45) is 5.41 Å². The van der Waals surface area contributed by atoms with Crippen LogP contribution in [0.15, 0.2) is 18.2 Å². The number of benzene rings is 1. The maximum absolute atomic E-state index is 11.0. The first-order valence-electron chi connectivity index (χ1n) is 6.74. The summed E-state index contributed by atoms with van der Waals surface area (Å²) in [4.78, 5) is 11.0. The molecular formula is C17H22O4. The highest BCUT2D eigenvalue weighted by Crippen LogP contribution is 2.22. The predicted octanol–water partition coefficient (Wildman–Crippen LogP) is 2.93. The molecule has 0 fully saturated rings. The molecule has 0 aliphatic carbocycles. The molecule has 0 bridgehead atoms. The SMILES string of the molecule is CC(C)(C)C#Cc1ccc(C(=O)O)cc1OCC(C)(C)O. The third-order valence-corrected chi connectivity index (χ3v) is 2.38. The van der Waals surface area contributed by atoms with Crippen molar-refractivity contribution < 1.29 is 19.7 Å². The minimum absolute atomic E-state index is 0.0558. The van der Waals surface area contributed by atoms with Gasteiger partial charge in [-0.25, -0.2) is 4.79 Å². The maximum atomic E-state index is 11.0. The average molecular weight is 290 g/mol. The summed E-state index contributed by atoms with van der Waals surface area (Å²) < 4.78 is 5.54. The lowest BCUT2D eigenvalue weighted by atomic mass is 9.97. The highest BCUT2D eigenvalue weighted by Gasteiger charge is 2.16. The van der Waals surface area contributed by atoms with Crippen LogP contribution in [0.25, 0.3) is 0 Å². The summed E-state index contributed by atoms with van der Waals surface area (Å²) >= 11 is 0. The van der Waals surface area contributed by atoms with Crippen molar-refractivity contribution in [3.63, 3.8) is 0 Å². The third-order valence-electron chi connectivity index (χ3n) is 2.38. The summed E-state index contributed by atoms with van der Waals surface area (Å²) in [6.07, 6.45) is 0. The van der Waals surface area contributed by atoms with Gasteiger partial charge in [-0.2, -0.15) is 0 Å². The second-order valence-electron chi connectivity index (χ2n) is 6.62. The number of aliphatic hydroxyl groups is 1. The van der Waals surface area contributed by atoms with Gasteiger partial charge < -0.3 is 14.9 Å². The van der Waals surface area contributed by atoms with Gasteiger partial charge >= 0.3 is 5.97 Å². The predicted molar refractivity (Wildman–Crippen MR) is 81.5 cm³/mol. The van der Waals surface area contributed by atoms with Crippen molar-refractivity contribution >= 4 is 5.97 Å². The molecule has 2 N–H and O–H groups in total. The molecule has 1 aromatic rings. The van der Waals surface area contributed by atoms with Crippen molar-refractivity contribution in [1.29, 1.82) is 0 Å². The minimum Gasteiger partial charge on any atom is -0.489 e. The van der Waals surface area contributed by atoms with Crippen molar-refractivity contribution in [2.45, 2.75) is 40.2 Å². The molecule has 0 atom stereocenters. The average Bonchev–Trinajstić information content (AvgIpc) is 2.32. The van der Waals surface area contributed by atoms with Crippen molar-refractivity contribution in [2.75, 3.05) is 6.61 Å². The summed E-state index contributed by atoms with van der Waals surface area (Å²) in [7, 11) is 0. The Hall–Kier alpha value is -1.99. The normalized spacial score (nSPS) is 11.5. The second kappa shape index (κ2) is 6.19. The van der Waals surface area contributed by atoms with Crippen LogP contribution in [-0.2, 0) is 0 Å². The minimum atomic E-state index is -1.03. The standard InChI is InChI=1S/C17H22O4/c1-16(2,3)9-8-12-6-7-13(15(18)19)10-14(12)21-11-17(4,5)20/h6-7,10,20H,11H2,1-5H3,(H,18,19). The van der Waals surface area contributed by atoms with Crippen molar-refractivity contribution in [1.82, 2.24) is 0 Å². The van der Waals surface area contributed by atoms with E-state index in [0.717, 1.165) is 0 Å². The first-order valence-corrected chi connectivity index (χ1v) is 6.74. The molecule has 0 aromatic heterocycles. The van der Waals surface area contributed by atoms with Crippen LogP contribution in [0.1, 0.15) is 50.5 Å². The van der Waals surface area contributed by atoms with E-state index in [-0.39, 0.29) is 17.6 Å². The van der Waals surface area contributed by atoms with Crippen LogP contribution < -0.4 is 4.74 Å². The second-order valence-corrected chi connectivity index (χ2v) is 6.62. The summed E-state index contributed by atoms with van der Waals surface area (Å²) in [5, 5.41) is 18.8. The summed E-state index contributed by atoms with van der Waals surface area (Å²) in [5.41, 5.74) is -0.436. The van der Waals surface area contributed by atoms with Gasteiger partial charge in [0.2, 0.25) is 0 Å². The Labute approximate surface area is 125 Å². The van der Waals surface area contributed by atoms with Crippen molar-refractivity contribution in [3.8, 4) is 17.6 Å². The smallest absolute Gasteiger partial charge is 0.335 e. The molecule has 4 heteroatoms. The topological polar surface area (TPSA) is 66.8 Å². The lowest BCUT2D eigenvalue weighted by molar-refractivity contribution is 0.0284. The molecule has 4 nitrogen and oxygen atoms in total. The van der Waals surface area contributed by atoms with Crippen LogP contribution in [-0.4, -0.2) is 28.4 Å². The quantitative estimate of drug-likeness (QED) is 0.837. The fourth-order valence-corrected chi connectivity index (χ4v) is 1.39. The van der Waals surface area contributed by atoms with E-state index in [1.165, 1.54) is 12.1 Å². The molecule has 0 heterocycles. The van der Waals surface area contributed by atoms with Crippen LogP contribution in [0.2, 0.25) is 0 Å². The largest absolute Gasteiger partial charge is 0.489 e. The molecule has 0 aliphatic heterocycles. The summed E-state index contributed by atoms with van der Waals surface area (Å²) in [5.74, 6) is 5.43. The van der Waals surface area contributed by atoms with E-state index in [9.17, 15) is 9.90 Å². The molecule has 0 saturated heterocycles. The van der Waals surface area contributed by atoms with Crippen LogP contribution in [0.5, 0.6) is 5.75 Å². The Kier molecular flexibility index (Phi) is 5.03. The molecule has 114 valence electrons. The van der Waals surface area contributed by atoms with E-state index in [1.54, 1.807) is 19.9 Å². The Morgan fingerprint density at radius 2 is 1.86 bits per heavy atom. The Morgan fingerprint density at radius 1 is 1.24 bits per heavy atom. The first-order chi connectivity index (χ1) is 9.48. The number of ether oxygens (including phenoxy) is 1. The number of carboxylic acid groups (broad SMARTS) is 1. The monoisotopic (exact) mass is 290 g/mol. The molecule has 1 rings (SSSR count). The third kappa shape index (κ3) is 6.33. The number of hydrogen-bond donors (Lipinski definition) is 2. The van der Waals surface area contributed by atoms with Gasteiger partial charge in [-0.3, -0.25) is 0 Å². The van der Waals surface area contributed by atoms with Crippen LogP contribution in [0.4, 0.5) is 0 Å². The van der Waals surface area contributed by atoms with Gasteiger partial charge in [-0.15, -0.1) is 0 Å². The Balaban J connectivity index is 3.16. The van der Waals surface area contributed by atoms with Gasteiger partial charge in [0, 0.05) is 5.41 Å². The molecular weight excluding hydrogens is 268 g/mol. The molecule has 1 aromatic carbocycles. The lowest BCUT2D eigenvalue weighted by Gasteiger charge is -2.19. The number of aromatic carboxylic acids is 1. The van der Waals surface area contributed by atoms with Gasteiger partial charge in [-0.05, 0) is 52.8 Å². The van der Waals surface area contributed by atoms with Crippen molar-refractivity contribution in [3.05, 3.63) is 29.3 Å². The van der Waals surface area contributed by atoms with Crippen LogP contribution in [0, 0.1) is 17.3 Å². The summed E-state index contributed by atoms with van der Waals surface area (Å²) in [6, 6.07) is 4.55. The zero-order chi connectivity index (χ0) is 16.3. The molecule has 0 unspecified atom stereocenters. The fraction of sp³-hybridized carbons (Fsp3) is 0.471. The van der Waals surface area contributed by atoms with Gasteiger partial charge in [0.15, 0.2) is 0 Å². The van der Waals surface area contributed by atoms with Gasteiger partial charge in [-0.1, -0.05) is 11.8 Å².